The lowest BCUT2D eigenvalue weighted by molar-refractivity contribution is 0.101. The minimum Gasteiger partial charge on any atom is -0.319 e. The predicted octanol–water partition coefficient (Wildman–Crippen LogP) is 3.00. The van der Waals surface area contributed by atoms with E-state index in [0.29, 0.717) is 5.02 Å². The van der Waals surface area contributed by atoms with Crippen LogP contribution >= 0.6 is 11.6 Å². The number of carbonyl (C=O) groups excluding carboxylic acids is 1. The first-order chi connectivity index (χ1) is 8.50. The Balaban J connectivity index is 2.73. The Hall–Kier alpha value is -1.87. The molecule has 0 amide bonds. The normalized spacial score (nSPS) is 10.4. The van der Waals surface area contributed by atoms with Crippen LogP contribution in [0.3, 0.4) is 0 Å². The third-order valence-corrected chi connectivity index (χ3v) is 3.05. The van der Waals surface area contributed by atoms with E-state index in [1.807, 2.05) is 18.2 Å². The summed E-state index contributed by atoms with van der Waals surface area (Å²) in [7, 11) is 0. The molecule has 0 fully saturated rings. The van der Waals surface area contributed by atoms with Gasteiger partial charge in [0.15, 0.2) is 11.2 Å². The molecule has 0 N–H and O–H groups in total. The zero-order valence-corrected chi connectivity index (χ0v) is 10.9. The zero-order valence-electron chi connectivity index (χ0n) is 10.1. The molecule has 0 atom stereocenters. The molecule has 0 bridgehead atoms. The van der Waals surface area contributed by atoms with Crippen LogP contribution in [0.5, 0.6) is 0 Å². The number of pyridine rings is 1. The number of carbonyl (C=O) groups is 1. The molecule has 2 rings (SSSR count). The summed E-state index contributed by atoms with van der Waals surface area (Å²) in [5.74, 6) is -0.249. The van der Waals surface area contributed by atoms with Crippen molar-refractivity contribution in [1.82, 2.24) is 4.57 Å². The first kappa shape index (κ1) is 12.6. The van der Waals surface area contributed by atoms with Gasteiger partial charge in [0.2, 0.25) is 0 Å². The third kappa shape index (κ3) is 2.22. The van der Waals surface area contributed by atoms with Gasteiger partial charge in [-0.05, 0) is 26.0 Å². The van der Waals surface area contributed by atoms with Crippen LogP contribution in [-0.4, -0.2) is 10.4 Å². The minimum absolute atomic E-state index is 0.167. The van der Waals surface area contributed by atoms with E-state index in [9.17, 15) is 9.59 Å². The number of aromatic nitrogens is 1. The molecule has 0 radical (unpaired) electrons. The fourth-order valence-electron chi connectivity index (χ4n) is 1.80. The van der Waals surface area contributed by atoms with Gasteiger partial charge < -0.3 is 4.57 Å². The van der Waals surface area contributed by atoms with Crippen LogP contribution in [0, 0.1) is 6.92 Å². The molecule has 1 heterocycles. The van der Waals surface area contributed by atoms with Gasteiger partial charge in [0, 0.05) is 18.0 Å². The lowest BCUT2D eigenvalue weighted by Gasteiger charge is -2.13. The molecule has 0 aliphatic heterocycles. The van der Waals surface area contributed by atoms with Crippen LogP contribution < -0.4 is 5.43 Å². The van der Waals surface area contributed by atoms with Gasteiger partial charge in [-0.1, -0.05) is 23.7 Å². The van der Waals surface area contributed by atoms with Gasteiger partial charge in [-0.15, -0.1) is 0 Å². The van der Waals surface area contributed by atoms with Crippen molar-refractivity contribution in [1.29, 1.82) is 0 Å². The third-order valence-electron chi connectivity index (χ3n) is 2.73. The van der Waals surface area contributed by atoms with Gasteiger partial charge in [-0.2, -0.15) is 0 Å². The number of aryl methyl sites for hydroxylation is 1. The van der Waals surface area contributed by atoms with Crippen molar-refractivity contribution < 1.29 is 4.79 Å². The molecule has 3 nitrogen and oxygen atoms in total. The molecule has 0 aliphatic carbocycles. The molecule has 0 spiro atoms. The standard InChI is InChI=1S/C14H12ClNO2/c1-9-7-14(18)11(10(2)17)8-16(9)13-6-4-3-5-12(13)15/h3-8H,1-2H3. The van der Waals surface area contributed by atoms with Gasteiger partial charge in [0.25, 0.3) is 0 Å². The summed E-state index contributed by atoms with van der Waals surface area (Å²) in [5, 5.41) is 0.568. The monoisotopic (exact) mass is 261 g/mol. The van der Waals surface area contributed by atoms with Crippen LogP contribution in [0.15, 0.2) is 41.3 Å². The Morgan fingerprint density at radius 1 is 1.28 bits per heavy atom. The van der Waals surface area contributed by atoms with Crippen LogP contribution in [0.25, 0.3) is 5.69 Å². The van der Waals surface area contributed by atoms with E-state index >= 15 is 0 Å². The molecule has 1 aromatic carbocycles. The lowest BCUT2D eigenvalue weighted by atomic mass is 10.1. The van der Waals surface area contributed by atoms with Crippen LogP contribution in [0.2, 0.25) is 5.02 Å². The molecule has 0 aliphatic rings. The number of Topliss-reactive ketones (excluding diaryl/α,β-unsaturated/α-hetero) is 1. The number of hydrogen-bond donors (Lipinski definition) is 0. The van der Waals surface area contributed by atoms with Gasteiger partial charge >= 0.3 is 0 Å². The topological polar surface area (TPSA) is 39.1 Å². The predicted molar refractivity (Wildman–Crippen MR) is 71.8 cm³/mol. The highest BCUT2D eigenvalue weighted by Crippen LogP contribution is 2.21. The molecule has 0 saturated carbocycles. The first-order valence-corrected chi connectivity index (χ1v) is 5.87. The maximum absolute atomic E-state index is 11.7. The van der Waals surface area contributed by atoms with E-state index < -0.39 is 0 Å². The summed E-state index contributed by atoms with van der Waals surface area (Å²) in [4.78, 5) is 23.1. The van der Waals surface area contributed by atoms with Gasteiger partial charge in [-0.3, -0.25) is 9.59 Å². The fraction of sp³-hybridized carbons (Fsp3) is 0.143. The Kier molecular flexibility index (Phi) is 3.34. The zero-order chi connectivity index (χ0) is 13.3. The maximum atomic E-state index is 11.7. The van der Waals surface area contributed by atoms with Crippen molar-refractivity contribution in [3.63, 3.8) is 0 Å². The van der Waals surface area contributed by atoms with Crippen molar-refractivity contribution >= 4 is 17.4 Å². The van der Waals surface area contributed by atoms with Gasteiger partial charge in [0.05, 0.1) is 16.3 Å². The molecule has 0 unspecified atom stereocenters. The van der Waals surface area contributed by atoms with Crippen molar-refractivity contribution in [3.05, 3.63) is 63.0 Å². The molecule has 92 valence electrons. The SMILES string of the molecule is CC(=O)c1cn(-c2ccccc2Cl)c(C)cc1=O. The Bertz CT molecular complexity index is 674. The quantitative estimate of drug-likeness (QED) is 0.780. The molecule has 4 heteroatoms. The van der Waals surface area contributed by atoms with E-state index in [1.54, 1.807) is 23.8 Å². The molecule has 18 heavy (non-hydrogen) atoms. The van der Waals surface area contributed by atoms with Crippen LogP contribution in [-0.2, 0) is 0 Å². The summed E-state index contributed by atoms with van der Waals surface area (Å²) in [6, 6.07) is 8.73. The number of halogens is 1. The highest BCUT2D eigenvalue weighted by Gasteiger charge is 2.10. The lowest BCUT2D eigenvalue weighted by Crippen LogP contribution is -2.17. The largest absolute Gasteiger partial charge is 0.319 e. The number of rotatable bonds is 2. The average Bonchev–Trinajstić information content (AvgIpc) is 2.30. The summed E-state index contributed by atoms with van der Waals surface area (Å²) in [5.41, 5.74) is 1.39. The smallest absolute Gasteiger partial charge is 0.192 e. The van der Waals surface area contributed by atoms with Crippen molar-refractivity contribution in [2.75, 3.05) is 0 Å². The summed E-state index contributed by atoms with van der Waals surface area (Å²) >= 11 is 6.12. The van der Waals surface area contributed by atoms with Crippen LogP contribution in [0.4, 0.5) is 0 Å². The number of benzene rings is 1. The van der Waals surface area contributed by atoms with Crippen LogP contribution in [0.1, 0.15) is 23.0 Å². The molecular formula is C14H12ClNO2. The number of nitrogens with zero attached hydrogens (tertiary/aromatic N) is 1. The second kappa shape index (κ2) is 4.78. The highest BCUT2D eigenvalue weighted by molar-refractivity contribution is 6.32. The summed E-state index contributed by atoms with van der Waals surface area (Å²) in [6.45, 7) is 3.18. The Morgan fingerprint density at radius 2 is 1.94 bits per heavy atom. The van der Waals surface area contributed by atoms with E-state index in [4.69, 9.17) is 11.6 Å². The Morgan fingerprint density at radius 3 is 2.56 bits per heavy atom. The Labute approximate surface area is 110 Å². The van der Waals surface area contributed by atoms with E-state index in [2.05, 4.69) is 0 Å². The van der Waals surface area contributed by atoms with Crippen molar-refractivity contribution in [2.45, 2.75) is 13.8 Å². The average molecular weight is 262 g/mol. The fourth-order valence-corrected chi connectivity index (χ4v) is 2.03. The second-order valence-electron chi connectivity index (χ2n) is 4.07. The summed E-state index contributed by atoms with van der Waals surface area (Å²) in [6.07, 6.45) is 1.54. The number of hydrogen-bond acceptors (Lipinski definition) is 2. The van der Waals surface area contributed by atoms with Crippen molar-refractivity contribution in [3.8, 4) is 5.69 Å². The minimum atomic E-state index is -0.261. The van der Waals surface area contributed by atoms with E-state index in [1.165, 1.54) is 13.0 Å². The molecule has 0 saturated heterocycles. The number of ketones is 1. The number of para-hydroxylation sites is 1. The maximum Gasteiger partial charge on any atom is 0.192 e. The van der Waals surface area contributed by atoms with Gasteiger partial charge in [-0.25, -0.2) is 0 Å². The second-order valence-corrected chi connectivity index (χ2v) is 4.48. The first-order valence-electron chi connectivity index (χ1n) is 5.50. The summed E-state index contributed by atoms with van der Waals surface area (Å²) < 4.78 is 1.75. The highest BCUT2D eigenvalue weighted by atomic mass is 35.5. The van der Waals surface area contributed by atoms with E-state index in [-0.39, 0.29) is 16.8 Å². The van der Waals surface area contributed by atoms with Gasteiger partial charge in [0.1, 0.15) is 0 Å². The van der Waals surface area contributed by atoms with E-state index in [0.717, 1.165) is 11.4 Å². The molecule has 2 aromatic rings. The van der Waals surface area contributed by atoms with Crippen molar-refractivity contribution in [2.24, 2.45) is 0 Å². The molecular weight excluding hydrogens is 250 g/mol. The molecule has 1 aromatic heterocycles.